The third-order valence-electron chi connectivity index (χ3n) is 2.88. The first-order valence-electron chi connectivity index (χ1n) is 5.88. The average Bonchev–Trinajstić information content (AvgIpc) is 2.73. The standard InChI is InChI=1S/C12H17N5O2S/c1-16(7-9-6-15-17(2)8-9)11-4-3-10(13)5-12(11)20(14,18)19/h3-6,8H,7,13H2,1-2H3,(H2,14,18,19). The molecular formula is C12H17N5O2S. The van der Waals surface area contributed by atoms with Crippen molar-refractivity contribution in [2.75, 3.05) is 17.7 Å². The van der Waals surface area contributed by atoms with Crippen LogP contribution in [0.3, 0.4) is 0 Å². The molecule has 1 heterocycles. The van der Waals surface area contributed by atoms with Gasteiger partial charge in [0.15, 0.2) is 0 Å². The molecule has 0 bridgehead atoms. The summed E-state index contributed by atoms with van der Waals surface area (Å²) in [5.41, 5.74) is 7.45. The van der Waals surface area contributed by atoms with Gasteiger partial charge in [0.25, 0.3) is 0 Å². The maximum Gasteiger partial charge on any atom is 0.240 e. The third kappa shape index (κ3) is 3.09. The summed E-state index contributed by atoms with van der Waals surface area (Å²) in [6.45, 7) is 0.514. The molecule has 1 aromatic carbocycles. The normalized spacial score (nSPS) is 11.6. The monoisotopic (exact) mass is 295 g/mol. The van der Waals surface area contributed by atoms with Crippen LogP contribution in [0, 0.1) is 0 Å². The van der Waals surface area contributed by atoms with Crippen LogP contribution in [-0.4, -0.2) is 25.2 Å². The lowest BCUT2D eigenvalue weighted by molar-refractivity contribution is 0.597. The van der Waals surface area contributed by atoms with Gasteiger partial charge < -0.3 is 10.6 Å². The molecule has 0 spiro atoms. The molecule has 0 aliphatic heterocycles. The lowest BCUT2D eigenvalue weighted by Crippen LogP contribution is -2.22. The molecule has 8 heteroatoms. The largest absolute Gasteiger partial charge is 0.399 e. The second-order valence-corrected chi connectivity index (χ2v) is 6.18. The summed E-state index contributed by atoms with van der Waals surface area (Å²) in [6.07, 6.45) is 3.59. The van der Waals surface area contributed by atoms with E-state index in [2.05, 4.69) is 5.10 Å². The number of nitrogens with two attached hydrogens (primary N) is 2. The molecule has 0 aliphatic carbocycles. The molecule has 0 saturated carbocycles. The molecule has 0 atom stereocenters. The lowest BCUT2D eigenvalue weighted by atomic mass is 10.2. The Morgan fingerprint density at radius 1 is 1.40 bits per heavy atom. The first kappa shape index (κ1) is 14.4. The van der Waals surface area contributed by atoms with Gasteiger partial charge in [-0.15, -0.1) is 0 Å². The summed E-state index contributed by atoms with van der Waals surface area (Å²) >= 11 is 0. The van der Waals surface area contributed by atoms with Crippen LogP contribution in [0.5, 0.6) is 0 Å². The van der Waals surface area contributed by atoms with Crippen molar-refractivity contribution in [3.63, 3.8) is 0 Å². The van der Waals surface area contributed by atoms with E-state index in [1.54, 1.807) is 35.0 Å². The molecule has 2 aromatic rings. The number of anilines is 2. The number of hydrogen-bond donors (Lipinski definition) is 2. The topological polar surface area (TPSA) is 107 Å². The van der Waals surface area contributed by atoms with E-state index in [9.17, 15) is 8.42 Å². The molecule has 7 nitrogen and oxygen atoms in total. The van der Waals surface area contributed by atoms with Crippen LogP contribution in [0.4, 0.5) is 11.4 Å². The predicted octanol–water partition coefficient (Wildman–Crippen LogP) is 0.286. The van der Waals surface area contributed by atoms with Crippen molar-refractivity contribution in [2.45, 2.75) is 11.4 Å². The molecular weight excluding hydrogens is 278 g/mol. The highest BCUT2D eigenvalue weighted by atomic mass is 32.2. The Bertz CT molecular complexity index is 723. The molecule has 0 fully saturated rings. The van der Waals surface area contributed by atoms with Crippen LogP contribution in [0.25, 0.3) is 0 Å². The molecule has 108 valence electrons. The fraction of sp³-hybridized carbons (Fsp3) is 0.250. The van der Waals surface area contributed by atoms with Gasteiger partial charge in [0.2, 0.25) is 10.0 Å². The van der Waals surface area contributed by atoms with Crippen molar-refractivity contribution < 1.29 is 8.42 Å². The van der Waals surface area contributed by atoms with Gasteiger partial charge in [-0.2, -0.15) is 5.10 Å². The zero-order valence-corrected chi connectivity index (χ0v) is 12.1. The Balaban J connectivity index is 2.37. The number of nitrogens with zero attached hydrogens (tertiary/aromatic N) is 3. The fourth-order valence-electron chi connectivity index (χ4n) is 1.99. The van der Waals surface area contributed by atoms with E-state index in [4.69, 9.17) is 10.9 Å². The van der Waals surface area contributed by atoms with Gasteiger partial charge in [0.05, 0.1) is 11.9 Å². The van der Waals surface area contributed by atoms with E-state index in [-0.39, 0.29) is 4.90 Å². The summed E-state index contributed by atoms with van der Waals surface area (Å²) in [4.78, 5) is 1.81. The lowest BCUT2D eigenvalue weighted by Gasteiger charge is -2.21. The van der Waals surface area contributed by atoms with E-state index in [1.807, 2.05) is 13.2 Å². The van der Waals surface area contributed by atoms with Gasteiger partial charge in [0, 0.05) is 38.1 Å². The van der Waals surface area contributed by atoms with E-state index in [1.165, 1.54) is 6.07 Å². The Morgan fingerprint density at radius 2 is 2.10 bits per heavy atom. The molecule has 0 radical (unpaired) electrons. The summed E-state index contributed by atoms with van der Waals surface area (Å²) in [5, 5.41) is 9.31. The van der Waals surface area contributed by atoms with Gasteiger partial charge in [0.1, 0.15) is 4.90 Å². The molecule has 0 unspecified atom stereocenters. The van der Waals surface area contributed by atoms with Crippen molar-refractivity contribution in [1.82, 2.24) is 9.78 Å². The van der Waals surface area contributed by atoms with E-state index >= 15 is 0 Å². The highest BCUT2D eigenvalue weighted by Gasteiger charge is 2.17. The van der Waals surface area contributed by atoms with Crippen molar-refractivity contribution in [3.8, 4) is 0 Å². The Morgan fingerprint density at radius 3 is 2.65 bits per heavy atom. The zero-order valence-electron chi connectivity index (χ0n) is 11.3. The number of sulfonamides is 1. The van der Waals surface area contributed by atoms with Crippen molar-refractivity contribution >= 4 is 21.4 Å². The van der Waals surface area contributed by atoms with Crippen LogP contribution in [0.2, 0.25) is 0 Å². The SMILES string of the molecule is CN(Cc1cnn(C)c1)c1ccc(N)cc1S(N)(=O)=O. The van der Waals surface area contributed by atoms with Gasteiger partial charge in [-0.1, -0.05) is 0 Å². The number of rotatable bonds is 4. The summed E-state index contributed by atoms with van der Waals surface area (Å²) in [7, 11) is -0.224. The van der Waals surface area contributed by atoms with Crippen molar-refractivity contribution in [2.24, 2.45) is 12.2 Å². The maximum atomic E-state index is 11.6. The summed E-state index contributed by atoms with van der Waals surface area (Å²) in [6, 6.07) is 4.65. The predicted molar refractivity (Wildman–Crippen MR) is 77.5 cm³/mol. The minimum Gasteiger partial charge on any atom is -0.399 e. The molecule has 0 saturated heterocycles. The molecule has 0 aliphatic rings. The second kappa shape index (κ2) is 5.14. The molecule has 20 heavy (non-hydrogen) atoms. The summed E-state index contributed by atoms with van der Waals surface area (Å²) in [5.74, 6) is 0. The number of hydrogen-bond acceptors (Lipinski definition) is 5. The van der Waals surface area contributed by atoms with Gasteiger partial charge in [-0.05, 0) is 18.2 Å². The van der Waals surface area contributed by atoms with Crippen LogP contribution in [0.1, 0.15) is 5.56 Å². The zero-order chi connectivity index (χ0) is 14.9. The molecule has 1 aromatic heterocycles. The Hall–Kier alpha value is -2.06. The average molecular weight is 295 g/mol. The Kier molecular flexibility index (Phi) is 3.69. The highest BCUT2D eigenvalue weighted by Crippen LogP contribution is 2.26. The van der Waals surface area contributed by atoms with Gasteiger partial charge in [-0.3, -0.25) is 4.68 Å². The van der Waals surface area contributed by atoms with Gasteiger partial charge in [-0.25, -0.2) is 13.6 Å². The van der Waals surface area contributed by atoms with E-state index in [0.29, 0.717) is 17.9 Å². The smallest absolute Gasteiger partial charge is 0.240 e. The number of primary sulfonamides is 1. The van der Waals surface area contributed by atoms with Crippen LogP contribution >= 0.6 is 0 Å². The maximum absolute atomic E-state index is 11.6. The molecule has 2 rings (SSSR count). The number of aromatic nitrogens is 2. The highest BCUT2D eigenvalue weighted by molar-refractivity contribution is 7.89. The number of aryl methyl sites for hydroxylation is 1. The van der Waals surface area contributed by atoms with Gasteiger partial charge >= 0.3 is 0 Å². The quantitative estimate of drug-likeness (QED) is 0.788. The minimum atomic E-state index is -3.83. The van der Waals surface area contributed by atoms with E-state index in [0.717, 1.165) is 5.56 Å². The second-order valence-electron chi connectivity index (χ2n) is 4.65. The Labute approximate surface area is 117 Å². The number of benzene rings is 1. The van der Waals surface area contributed by atoms with Crippen LogP contribution in [-0.2, 0) is 23.6 Å². The fourth-order valence-corrected chi connectivity index (χ4v) is 2.80. The minimum absolute atomic E-state index is 0.0175. The number of nitrogen functional groups attached to an aromatic ring is 1. The molecule has 0 amide bonds. The summed E-state index contributed by atoms with van der Waals surface area (Å²) < 4.78 is 25.0. The first-order valence-corrected chi connectivity index (χ1v) is 7.43. The van der Waals surface area contributed by atoms with Crippen LogP contribution < -0.4 is 15.8 Å². The van der Waals surface area contributed by atoms with Crippen molar-refractivity contribution in [1.29, 1.82) is 0 Å². The third-order valence-corrected chi connectivity index (χ3v) is 3.82. The van der Waals surface area contributed by atoms with E-state index < -0.39 is 10.0 Å². The van der Waals surface area contributed by atoms with Crippen molar-refractivity contribution in [3.05, 3.63) is 36.2 Å². The first-order chi connectivity index (χ1) is 9.27. The van der Waals surface area contributed by atoms with Crippen LogP contribution in [0.15, 0.2) is 35.5 Å². The molecule has 4 N–H and O–H groups in total.